The van der Waals surface area contributed by atoms with Gasteiger partial charge in [-0.3, -0.25) is 4.79 Å². The van der Waals surface area contributed by atoms with Crippen LogP contribution >= 0.6 is 0 Å². The number of Topliss-reactive ketones (excluding diaryl/α,β-unsaturated/α-hetero) is 1. The Morgan fingerprint density at radius 2 is 1.50 bits per heavy atom. The average Bonchev–Trinajstić information content (AvgIpc) is 2.67. The highest BCUT2D eigenvalue weighted by atomic mass is 16.1. The molecule has 0 unspecified atom stereocenters. The van der Waals surface area contributed by atoms with Crippen molar-refractivity contribution in [3.05, 3.63) is 60.2 Å². The monoisotopic (exact) mass is 320 g/mol. The molecule has 0 atom stereocenters. The Balaban J connectivity index is 1.58. The molecule has 0 spiro atoms. The fourth-order valence-electron chi connectivity index (χ4n) is 3.88. The van der Waals surface area contributed by atoms with Crippen molar-refractivity contribution in [1.29, 1.82) is 0 Å². The highest BCUT2D eigenvalue weighted by Gasteiger charge is 2.26. The molecule has 1 heteroatoms. The summed E-state index contributed by atoms with van der Waals surface area (Å²) in [5.41, 5.74) is 3.99. The van der Waals surface area contributed by atoms with E-state index in [1.54, 1.807) is 0 Å². The fourth-order valence-corrected chi connectivity index (χ4v) is 3.88. The lowest BCUT2D eigenvalue weighted by Gasteiger charge is -2.28. The lowest BCUT2D eigenvalue weighted by atomic mass is 9.76. The van der Waals surface area contributed by atoms with E-state index in [9.17, 15) is 4.79 Å². The Hall–Kier alpha value is -1.89. The Morgan fingerprint density at radius 1 is 0.875 bits per heavy atom. The lowest BCUT2D eigenvalue weighted by Crippen LogP contribution is -2.21. The van der Waals surface area contributed by atoms with E-state index in [2.05, 4.69) is 61.5 Å². The maximum atomic E-state index is 12.2. The number of benzene rings is 2. The summed E-state index contributed by atoms with van der Waals surface area (Å²) in [6.45, 7) is 2.16. The molecular weight excluding hydrogens is 292 g/mol. The van der Waals surface area contributed by atoms with Crippen LogP contribution in [0.3, 0.4) is 0 Å². The molecule has 0 aromatic heterocycles. The third-order valence-corrected chi connectivity index (χ3v) is 5.45. The molecule has 0 heterocycles. The molecule has 24 heavy (non-hydrogen) atoms. The Kier molecular flexibility index (Phi) is 5.85. The summed E-state index contributed by atoms with van der Waals surface area (Å²) in [6.07, 6.45) is 7.44. The van der Waals surface area contributed by atoms with E-state index in [1.165, 1.54) is 16.7 Å². The summed E-state index contributed by atoms with van der Waals surface area (Å²) in [7, 11) is 0. The van der Waals surface area contributed by atoms with Gasteiger partial charge in [-0.15, -0.1) is 0 Å². The molecule has 0 bridgehead atoms. The van der Waals surface area contributed by atoms with Crippen LogP contribution in [0.1, 0.15) is 63.4 Å². The van der Waals surface area contributed by atoms with Crippen molar-refractivity contribution in [3.63, 3.8) is 0 Å². The number of ketones is 1. The van der Waals surface area contributed by atoms with Crippen LogP contribution in [0.5, 0.6) is 0 Å². The van der Waals surface area contributed by atoms with Gasteiger partial charge in [0.2, 0.25) is 0 Å². The molecule has 0 saturated heterocycles. The van der Waals surface area contributed by atoms with E-state index in [1.807, 2.05) is 0 Å². The molecular formula is C23H28O. The highest BCUT2D eigenvalue weighted by molar-refractivity contribution is 5.81. The molecule has 2 aromatic carbocycles. The topological polar surface area (TPSA) is 17.1 Å². The van der Waals surface area contributed by atoms with E-state index in [0.717, 1.165) is 44.9 Å². The number of carbonyl (C=O) groups is 1. The number of unbranched alkanes of at least 4 members (excludes halogenated alkanes) is 1. The largest absolute Gasteiger partial charge is 0.299 e. The van der Waals surface area contributed by atoms with Crippen molar-refractivity contribution >= 4 is 5.78 Å². The normalized spacial score (nSPS) is 20.7. The Labute approximate surface area is 146 Å². The maximum Gasteiger partial charge on any atom is 0.135 e. The van der Waals surface area contributed by atoms with Crippen LogP contribution < -0.4 is 0 Å². The average molecular weight is 320 g/mol. The minimum absolute atomic E-state index is 0.330. The second-order valence-corrected chi connectivity index (χ2v) is 7.11. The van der Waals surface area contributed by atoms with Gasteiger partial charge in [-0.2, -0.15) is 0 Å². The van der Waals surface area contributed by atoms with Gasteiger partial charge >= 0.3 is 0 Å². The van der Waals surface area contributed by atoms with Crippen LogP contribution in [0.4, 0.5) is 0 Å². The van der Waals surface area contributed by atoms with E-state index in [-0.39, 0.29) is 0 Å². The second kappa shape index (κ2) is 8.28. The van der Waals surface area contributed by atoms with Crippen LogP contribution in [0.15, 0.2) is 54.6 Å². The summed E-state index contributed by atoms with van der Waals surface area (Å²) in [5, 5.41) is 0. The minimum Gasteiger partial charge on any atom is -0.299 e. The van der Waals surface area contributed by atoms with Crippen molar-refractivity contribution in [2.75, 3.05) is 0 Å². The second-order valence-electron chi connectivity index (χ2n) is 7.11. The molecule has 0 radical (unpaired) electrons. The van der Waals surface area contributed by atoms with Crippen LogP contribution in [-0.2, 0) is 4.79 Å². The van der Waals surface area contributed by atoms with Gasteiger partial charge in [-0.05, 0) is 54.7 Å². The van der Waals surface area contributed by atoms with Gasteiger partial charge in [0.15, 0.2) is 0 Å². The van der Waals surface area contributed by atoms with Crippen LogP contribution in [0.25, 0.3) is 11.1 Å². The third kappa shape index (κ3) is 4.14. The molecule has 0 amide bonds. The molecule has 126 valence electrons. The van der Waals surface area contributed by atoms with Gasteiger partial charge in [-0.25, -0.2) is 0 Å². The number of carbonyl (C=O) groups excluding carboxylic acids is 1. The first-order valence-electron chi connectivity index (χ1n) is 9.46. The smallest absolute Gasteiger partial charge is 0.135 e. The molecule has 1 nitrogen and oxygen atoms in total. The molecule has 1 aliphatic rings. The molecule has 1 saturated carbocycles. The van der Waals surface area contributed by atoms with Crippen LogP contribution in [0.2, 0.25) is 0 Å². The summed E-state index contributed by atoms with van der Waals surface area (Å²) < 4.78 is 0. The predicted molar refractivity (Wildman–Crippen MR) is 101 cm³/mol. The zero-order valence-electron chi connectivity index (χ0n) is 14.7. The number of rotatable bonds is 6. The van der Waals surface area contributed by atoms with Crippen molar-refractivity contribution in [2.45, 2.75) is 57.8 Å². The summed E-state index contributed by atoms with van der Waals surface area (Å²) >= 11 is 0. The van der Waals surface area contributed by atoms with E-state index < -0.39 is 0 Å². The molecule has 3 rings (SSSR count). The summed E-state index contributed by atoms with van der Waals surface area (Å²) in [6, 6.07) is 19.6. The van der Waals surface area contributed by atoms with Crippen LogP contribution in [-0.4, -0.2) is 5.78 Å². The molecule has 1 fully saturated rings. The summed E-state index contributed by atoms with van der Waals surface area (Å²) in [4.78, 5) is 12.2. The fraction of sp³-hybridized carbons (Fsp3) is 0.435. The molecule has 0 aliphatic heterocycles. The number of hydrogen-bond donors (Lipinski definition) is 0. The quantitative estimate of drug-likeness (QED) is 0.603. The van der Waals surface area contributed by atoms with Gasteiger partial charge < -0.3 is 0 Å². The SMILES string of the molecule is CCCCC(=O)C1CCC(c2ccc(-c3ccccc3)cc2)CC1. The third-order valence-electron chi connectivity index (χ3n) is 5.45. The first-order valence-corrected chi connectivity index (χ1v) is 9.46. The first kappa shape index (κ1) is 17.0. The molecule has 2 aromatic rings. The zero-order valence-corrected chi connectivity index (χ0v) is 14.7. The molecule has 0 N–H and O–H groups in total. The van der Waals surface area contributed by atoms with Crippen molar-refractivity contribution in [3.8, 4) is 11.1 Å². The van der Waals surface area contributed by atoms with Crippen molar-refractivity contribution in [1.82, 2.24) is 0 Å². The maximum absolute atomic E-state index is 12.2. The molecule has 1 aliphatic carbocycles. The zero-order chi connectivity index (χ0) is 16.8. The van der Waals surface area contributed by atoms with E-state index in [4.69, 9.17) is 0 Å². The number of hydrogen-bond acceptors (Lipinski definition) is 1. The Bertz CT molecular complexity index is 633. The van der Waals surface area contributed by atoms with Gasteiger partial charge in [0.25, 0.3) is 0 Å². The van der Waals surface area contributed by atoms with Crippen LogP contribution in [0, 0.1) is 5.92 Å². The van der Waals surface area contributed by atoms with Gasteiger partial charge in [0.05, 0.1) is 0 Å². The van der Waals surface area contributed by atoms with E-state index >= 15 is 0 Å². The lowest BCUT2D eigenvalue weighted by molar-refractivity contribution is -0.124. The summed E-state index contributed by atoms with van der Waals surface area (Å²) in [5.74, 6) is 1.47. The van der Waals surface area contributed by atoms with Gasteiger partial charge in [0.1, 0.15) is 5.78 Å². The highest BCUT2D eigenvalue weighted by Crippen LogP contribution is 2.37. The van der Waals surface area contributed by atoms with E-state index in [0.29, 0.717) is 17.6 Å². The van der Waals surface area contributed by atoms with Crippen molar-refractivity contribution in [2.24, 2.45) is 5.92 Å². The van der Waals surface area contributed by atoms with Crippen molar-refractivity contribution < 1.29 is 4.79 Å². The van der Waals surface area contributed by atoms with Gasteiger partial charge in [0, 0.05) is 12.3 Å². The first-order chi connectivity index (χ1) is 11.8. The standard InChI is InChI=1S/C23H28O/c1-2-3-9-23(24)22-16-14-21(15-17-22)20-12-10-19(11-13-20)18-7-5-4-6-8-18/h4-8,10-13,21-22H,2-3,9,14-17H2,1H3. The predicted octanol–water partition coefficient (Wildman–Crippen LogP) is 6.39. The minimum atomic E-state index is 0.330. The Morgan fingerprint density at radius 3 is 2.12 bits per heavy atom. The van der Waals surface area contributed by atoms with Gasteiger partial charge in [-0.1, -0.05) is 67.9 Å².